The van der Waals surface area contributed by atoms with Crippen LogP contribution in [-0.4, -0.2) is 46.8 Å². The lowest BCUT2D eigenvalue weighted by atomic mass is 10.1. The van der Waals surface area contributed by atoms with Crippen LogP contribution in [0.1, 0.15) is 17.0 Å². The fraction of sp³-hybridized carbons (Fsp3) is 0.318. The van der Waals surface area contributed by atoms with Gasteiger partial charge in [-0.2, -0.15) is 5.10 Å². The Balaban J connectivity index is 1.43. The van der Waals surface area contributed by atoms with Crippen molar-refractivity contribution in [3.63, 3.8) is 0 Å². The second-order valence-electron chi connectivity index (χ2n) is 7.20. The van der Waals surface area contributed by atoms with Crippen LogP contribution in [0.2, 0.25) is 0 Å². The van der Waals surface area contributed by atoms with Gasteiger partial charge < -0.3 is 9.80 Å². The number of benzene rings is 1. The maximum absolute atomic E-state index is 12.9. The minimum absolute atomic E-state index is 0.180. The lowest BCUT2D eigenvalue weighted by molar-refractivity contribution is -0.377. The fourth-order valence-electron chi connectivity index (χ4n) is 3.82. The number of aromatic nitrogens is 3. The van der Waals surface area contributed by atoms with Crippen molar-refractivity contribution >= 4 is 11.6 Å². The number of anilines is 1. The van der Waals surface area contributed by atoms with Gasteiger partial charge in [0, 0.05) is 55.3 Å². The number of rotatable bonds is 4. The molecule has 0 saturated carbocycles. The number of carbonyl (C=O) groups excluding carboxylic acids is 1. The first-order valence-electron chi connectivity index (χ1n) is 9.73. The quantitative estimate of drug-likeness (QED) is 0.701. The van der Waals surface area contributed by atoms with Crippen LogP contribution < -0.4 is 9.88 Å². The highest BCUT2D eigenvalue weighted by atomic mass is 16.2. The van der Waals surface area contributed by atoms with Crippen LogP contribution in [0.15, 0.2) is 54.9 Å². The van der Waals surface area contributed by atoms with Gasteiger partial charge in [-0.15, -0.1) is 0 Å². The summed E-state index contributed by atoms with van der Waals surface area (Å²) in [7, 11) is 0. The van der Waals surface area contributed by atoms with Crippen molar-refractivity contribution in [2.75, 3.05) is 31.1 Å². The van der Waals surface area contributed by atoms with Gasteiger partial charge in [-0.3, -0.25) is 4.79 Å². The van der Waals surface area contributed by atoms with Crippen LogP contribution in [0.25, 0.3) is 5.69 Å². The molecule has 6 nitrogen and oxygen atoms in total. The van der Waals surface area contributed by atoms with Crippen molar-refractivity contribution in [2.45, 2.75) is 20.3 Å². The van der Waals surface area contributed by atoms with Crippen molar-refractivity contribution in [2.24, 2.45) is 0 Å². The molecular weight excluding hydrogens is 350 g/mol. The average Bonchev–Trinajstić information content (AvgIpc) is 3.03. The molecule has 0 unspecified atom stereocenters. The van der Waals surface area contributed by atoms with Gasteiger partial charge in [0.2, 0.25) is 5.91 Å². The van der Waals surface area contributed by atoms with Crippen LogP contribution in [0.4, 0.5) is 5.69 Å². The first kappa shape index (κ1) is 18.2. The van der Waals surface area contributed by atoms with Crippen LogP contribution in [0.5, 0.6) is 0 Å². The van der Waals surface area contributed by atoms with Gasteiger partial charge in [-0.25, -0.2) is 9.67 Å². The summed E-state index contributed by atoms with van der Waals surface area (Å²) in [4.78, 5) is 20.3. The number of pyridine rings is 1. The van der Waals surface area contributed by atoms with Crippen LogP contribution in [0, 0.1) is 13.8 Å². The molecule has 1 saturated heterocycles. The Morgan fingerprint density at radius 1 is 0.964 bits per heavy atom. The number of nitrogens with zero attached hydrogens (tertiary/aromatic N) is 4. The minimum Gasteiger partial charge on any atom is -0.368 e. The Morgan fingerprint density at radius 2 is 1.64 bits per heavy atom. The summed E-state index contributed by atoms with van der Waals surface area (Å²) in [5.41, 5.74) is 5.22. The number of carbonyl (C=O) groups is 1. The molecule has 0 radical (unpaired) electrons. The van der Waals surface area contributed by atoms with Gasteiger partial charge in [-0.05, 0) is 26.0 Å². The summed E-state index contributed by atoms with van der Waals surface area (Å²) >= 11 is 0. The third kappa shape index (κ3) is 3.63. The van der Waals surface area contributed by atoms with Crippen molar-refractivity contribution in [1.29, 1.82) is 0 Å². The molecule has 2 aromatic heterocycles. The summed E-state index contributed by atoms with van der Waals surface area (Å²) in [5, 5.41) is 4.67. The number of para-hydroxylation sites is 1. The van der Waals surface area contributed by atoms with Crippen molar-refractivity contribution in [3.05, 3.63) is 71.8 Å². The Labute approximate surface area is 165 Å². The van der Waals surface area contributed by atoms with Crippen molar-refractivity contribution in [1.82, 2.24) is 14.7 Å². The SMILES string of the molecule is Cc1nn(-c2ccccc2)c(C)c1CC(=O)N1CCN(c2cc[nH+]cc2)CC1. The number of hydrogen-bond donors (Lipinski definition) is 0. The molecule has 1 aliphatic heterocycles. The smallest absolute Gasteiger partial charge is 0.227 e. The van der Waals surface area contributed by atoms with Gasteiger partial charge in [0.15, 0.2) is 12.4 Å². The van der Waals surface area contributed by atoms with Crippen LogP contribution in [-0.2, 0) is 11.2 Å². The molecule has 6 heteroatoms. The van der Waals surface area contributed by atoms with Crippen LogP contribution >= 0.6 is 0 Å². The van der Waals surface area contributed by atoms with E-state index in [0.29, 0.717) is 6.42 Å². The highest BCUT2D eigenvalue weighted by Gasteiger charge is 2.24. The summed E-state index contributed by atoms with van der Waals surface area (Å²) < 4.78 is 1.93. The van der Waals surface area contributed by atoms with E-state index < -0.39 is 0 Å². The zero-order chi connectivity index (χ0) is 19.5. The standard InChI is InChI=1S/C22H25N5O/c1-17-21(18(2)27(24-17)20-6-4-3-5-7-20)16-22(28)26-14-12-25(13-15-26)19-8-10-23-11-9-19/h3-11H,12-16H2,1-2H3/p+1. The molecule has 1 N–H and O–H groups in total. The lowest BCUT2D eigenvalue weighted by Crippen LogP contribution is -2.49. The van der Waals surface area contributed by atoms with Crippen molar-refractivity contribution < 1.29 is 9.78 Å². The van der Waals surface area contributed by atoms with E-state index in [4.69, 9.17) is 0 Å². The number of aryl methyl sites for hydroxylation is 1. The first-order chi connectivity index (χ1) is 13.6. The van der Waals surface area contributed by atoms with E-state index in [9.17, 15) is 4.79 Å². The zero-order valence-corrected chi connectivity index (χ0v) is 16.4. The van der Waals surface area contributed by atoms with Crippen molar-refractivity contribution in [3.8, 4) is 5.69 Å². The Bertz CT molecular complexity index is 944. The predicted octanol–water partition coefficient (Wildman–Crippen LogP) is 2.19. The first-order valence-corrected chi connectivity index (χ1v) is 9.73. The topological polar surface area (TPSA) is 55.5 Å². The van der Waals surface area contributed by atoms with Gasteiger partial charge in [0.1, 0.15) is 0 Å². The normalized spacial score (nSPS) is 14.4. The van der Waals surface area contributed by atoms with E-state index >= 15 is 0 Å². The molecule has 4 rings (SSSR count). The molecule has 1 aromatic carbocycles. The van der Waals surface area contributed by atoms with Gasteiger partial charge in [0.05, 0.1) is 17.8 Å². The van der Waals surface area contributed by atoms with E-state index in [-0.39, 0.29) is 5.91 Å². The van der Waals surface area contributed by atoms with Gasteiger partial charge >= 0.3 is 0 Å². The second-order valence-corrected chi connectivity index (χ2v) is 7.20. The Kier molecular flexibility index (Phi) is 5.10. The third-order valence-corrected chi connectivity index (χ3v) is 5.47. The molecule has 28 heavy (non-hydrogen) atoms. The van der Waals surface area contributed by atoms with E-state index in [1.807, 2.05) is 66.2 Å². The number of amides is 1. The number of aromatic amines is 1. The molecule has 3 aromatic rings. The summed E-state index contributed by atoms with van der Waals surface area (Å²) in [6, 6.07) is 14.2. The molecule has 0 aliphatic carbocycles. The van der Waals surface area contributed by atoms with Crippen LogP contribution in [0.3, 0.4) is 0 Å². The van der Waals surface area contributed by atoms with E-state index in [1.165, 1.54) is 5.69 Å². The highest BCUT2D eigenvalue weighted by Crippen LogP contribution is 2.20. The molecule has 3 heterocycles. The summed E-state index contributed by atoms with van der Waals surface area (Å²) in [5.74, 6) is 0.180. The predicted molar refractivity (Wildman–Crippen MR) is 109 cm³/mol. The highest BCUT2D eigenvalue weighted by molar-refractivity contribution is 5.79. The second kappa shape index (κ2) is 7.84. The van der Waals surface area contributed by atoms with E-state index in [0.717, 1.165) is 48.8 Å². The lowest BCUT2D eigenvalue weighted by Gasteiger charge is -2.35. The molecular formula is C22H26N5O+. The zero-order valence-electron chi connectivity index (χ0n) is 16.4. The summed E-state index contributed by atoms with van der Waals surface area (Å²) in [6.45, 7) is 7.25. The van der Waals surface area contributed by atoms with E-state index in [2.05, 4.69) is 27.1 Å². The number of H-pyrrole nitrogens is 1. The third-order valence-electron chi connectivity index (χ3n) is 5.47. The Morgan fingerprint density at radius 3 is 2.32 bits per heavy atom. The monoisotopic (exact) mass is 376 g/mol. The van der Waals surface area contributed by atoms with Gasteiger partial charge in [-0.1, -0.05) is 18.2 Å². The number of hydrogen-bond acceptors (Lipinski definition) is 3. The summed E-state index contributed by atoms with van der Waals surface area (Å²) in [6.07, 6.45) is 4.27. The maximum atomic E-state index is 12.9. The molecule has 0 bridgehead atoms. The van der Waals surface area contributed by atoms with Gasteiger partial charge in [0.25, 0.3) is 0 Å². The number of nitrogens with one attached hydrogen (secondary N) is 1. The molecule has 1 fully saturated rings. The average molecular weight is 376 g/mol. The fourth-order valence-corrected chi connectivity index (χ4v) is 3.82. The molecule has 0 atom stereocenters. The Hall–Kier alpha value is -3.15. The van der Waals surface area contributed by atoms with E-state index in [1.54, 1.807) is 0 Å². The number of piperazine rings is 1. The molecule has 144 valence electrons. The maximum Gasteiger partial charge on any atom is 0.227 e. The minimum atomic E-state index is 0.180. The molecule has 0 spiro atoms. The largest absolute Gasteiger partial charge is 0.368 e. The molecule has 1 aliphatic rings. The molecule has 1 amide bonds.